The molecule has 0 spiro atoms. The largest absolute Gasteiger partial charge is 0.497 e. The lowest BCUT2D eigenvalue weighted by Gasteiger charge is -2.13. The van der Waals surface area contributed by atoms with Gasteiger partial charge in [-0.1, -0.05) is 66.4 Å². The minimum absolute atomic E-state index is 0.134. The normalized spacial score (nSPS) is 10.5. The molecule has 0 fully saturated rings. The van der Waals surface area contributed by atoms with Crippen molar-refractivity contribution in [3.63, 3.8) is 0 Å². The lowest BCUT2D eigenvalue weighted by Crippen LogP contribution is -2.15. The van der Waals surface area contributed by atoms with Crippen LogP contribution in [0.1, 0.15) is 16.7 Å². The third kappa shape index (κ3) is 5.71. The van der Waals surface area contributed by atoms with Crippen molar-refractivity contribution in [2.75, 3.05) is 18.2 Å². The van der Waals surface area contributed by atoms with Crippen LogP contribution in [-0.4, -0.2) is 23.8 Å². The molecule has 1 heterocycles. The van der Waals surface area contributed by atoms with Crippen LogP contribution in [0, 0.1) is 25.2 Å². The van der Waals surface area contributed by atoms with Gasteiger partial charge in [0.1, 0.15) is 16.8 Å². The summed E-state index contributed by atoms with van der Waals surface area (Å²) < 4.78 is 5.28. The van der Waals surface area contributed by atoms with Gasteiger partial charge in [0.15, 0.2) is 0 Å². The number of hydrogen-bond donors (Lipinski definition) is 1. The number of pyridine rings is 1. The molecule has 0 saturated heterocycles. The van der Waals surface area contributed by atoms with Gasteiger partial charge in [-0.2, -0.15) is 5.26 Å². The zero-order chi connectivity index (χ0) is 24.8. The molecule has 0 aliphatic carbocycles. The highest BCUT2D eigenvalue weighted by molar-refractivity contribution is 8.00. The third-order valence-electron chi connectivity index (χ3n) is 5.58. The van der Waals surface area contributed by atoms with E-state index in [0.29, 0.717) is 10.6 Å². The van der Waals surface area contributed by atoms with E-state index in [1.165, 1.54) is 11.8 Å². The number of nitrogens with zero attached hydrogens (tertiary/aromatic N) is 2. The number of aromatic nitrogens is 1. The molecule has 3 aromatic carbocycles. The molecular formula is C29H25N3O2S. The first-order valence-electron chi connectivity index (χ1n) is 11.1. The monoisotopic (exact) mass is 479 g/mol. The maximum atomic E-state index is 12.8. The van der Waals surface area contributed by atoms with Crippen molar-refractivity contribution < 1.29 is 9.53 Å². The summed E-state index contributed by atoms with van der Waals surface area (Å²) in [7, 11) is 1.62. The average Bonchev–Trinajstić information content (AvgIpc) is 2.89. The Morgan fingerprint density at radius 3 is 2.43 bits per heavy atom. The molecule has 0 bridgehead atoms. The predicted octanol–water partition coefficient (Wildman–Crippen LogP) is 6.64. The molecule has 4 rings (SSSR count). The molecule has 174 valence electrons. The molecule has 5 nitrogen and oxygen atoms in total. The molecule has 4 aromatic rings. The SMILES string of the molecule is COc1ccc(-c2cc(-c3ccccc3)nc(SCC(=O)Nc3cc(C)ccc3C)c2C#N)cc1. The Morgan fingerprint density at radius 2 is 1.74 bits per heavy atom. The lowest BCUT2D eigenvalue weighted by molar-refractivity contribution is -0.113. The molecule has 1 aromatic heterocycles. The second-order valence-corrected chi connectivity index (χ2v) is 9.06. The number of ether oxygens (including phenoxy) is 1. The van der Waals surface area contributed by atoms with Gasteiger partial charge in [-0.15, -0.1) is 0 Å². The van der Waals surface area contributed by atoms with E-state index in [0.717, 1.165) is 44.9 Å². The number of nitriles is 1. The third-order valence-corrected chi connectivity index (χ3v) is 6.55. The zero-order valence-corrected chi connectivity index (χ0v) is 20.6. The highest BCUT2D eigenvalue weighted by atomic mass is 32.2. The van der Waals surface area contributed by atoms with Crippen molar-refractivity contribution in [1.82, 2.24) is 4.98 Å². The van der Waals surface area contributed by atoms with Crippen LogP contribution in [0.2, 0.25) is 0 Å². The fraction of sp³-hybridized carbons (Fsp3) is 0.138. The Hall–Kier alpha value is -4.08. The molecule has 1 amide bonds. The smallest absolute Gasteiger partial charge is 0.234 e. The van der Waals surface area contributed by atoms with Gasteiger partial charge in [0, 0.05) is 16.8 Å². The van der Waals surface area contributed by atoms with Crippen LogP contribution in [-0.2, 0) is 4.79 Å². The summed E-state index contributed by atoms with van der Waals surface area (Å²) in [5.74, 6) is 0.725. The van der Waals surface area contributed by atoms with Crippen molar-refractivity contribution in [3.05, 3.63) is 95.6 Å². The van der Waals surface area contributed by atoms with E-state index in [-0.39, 0.29) is 11.7 Å². The first kappa shape index (κ1) is 24.1. The number of anilines is 1. The topological polar surface area (TPSA) is 75.0 Å². The number of thioether (sulfide) groups is 1. The van der Waals surface area contributed by atoms with Gasteiger partial charge < -0.3 is 10.1 Å². The van der Waals surface area contributed by atoms with E-state index < -0.39 is 0 Å². The lowest BCUT2D eigenvalue weighted by atomic mass is 9.99. The van der Waals surface area contributed by atoms with Crippen LogP contribution in [0.3, 0.4) is 0 Å². The molecule has 0 saturated carbocycles. The van der Waals surface area contributed by atoms with Crippen LogP contribution in [0.5, 0.6) is 5.75 Å². The number of amides is 1. The summed E-state index contributed by atoms with van der Waals surface area (Å²) in [6.07, 6.45) is 0. The van der Waals surface area contributed by atoms with Crippen molar-refractivity contribution >= 4 is 23.4 Å². The standard InChI is InChI=1S/C29H25N3O2S/c1-19-9-10-20(2)26(15-19)31-28(33)18-35-29-25(17-30)24(21-11-13-23(34-3)14-12-21)16-27(32-29)22-7-5-4-6-8-22/h4-16H,18H2,1-3H3,(H,31,33). The van der Waals surface area contributed by atoms with Crippen molar-refractivity contribution in [2.45, 2.75) is 18.9 Å². The first-order valence-corrected chi connectivity index (χ1v) is 12.1. The minimum Gasteiger partial charge on any atom is -0.497 e. The fourth-order valence-corrected chi connectivity index (χ4v) is 4.48. The van der Waals surface area contributed by atoms with Gasteiger partial charge in [0.05, 0.1) is 24.1 Å². The van der Waals surface area contributed by atoms with E-state index in [2.05, 4.69) is 11.4 Å². The summed E-state index contributed by atoms with van der Waals surface area (Å²) in [6, 6.07) is 27.6. The van der Waals surface area contributed by atoms with Crippen LogP contribution >= 0.6 is 11.8 Å². The Balaban J connectivity index is 1.68. The summed E-state index contributed by atoms with van der Waals surface area (Å²) in [5, 5.41) is 13.6. The Bertz CT molecular complexity index is 1390. The molecule has 0 unspecified atom stereocenters. The maximum absolute atomic E-state index is 12.8. The molecule has 0 aliphatic heterocycles. The van der Waals surface area contributed by atoms with Gasteiger partial charge in [-0.3, -0.25) is 4.79 Å². The van der Waals surface area contributed by atoms with E-state index in [9.17, 15) is 10.1 Å². The van der Waals surface area contributed by atoms with Gasteiger partial charge in [-0.25, -0.2) is 4.98 Å². The zero-order valence-electron chi connectivity index (χ0n) is 19.8. The molecule has 0 aliphatic rings. The Kier molecular flexibility index (Phi) is 7.49. The number of carbonyl (C=O) groups is 1. The van der Waals surface area contributed by atoms with Crippen molar-refractivity contribution in [2.24, 2.45) is 0 Å². The Labute approximate surface area is 209 Å². The number of aryl methyl sites for hydroxylation is 2. The second kappa shape index (κ2) is 10.9. The number of hydrogen-bond acceptors (Lipinski definition) is 5. The molecular weight excluding hydrogens is 454 g/mol. The van der Waals surface area contributed by atoms with Crippen molar-refractivity contribution in [1.29, 1.82) is 5.26 Å². The fourth-order valence-electron chi connectivity index (χ4n) is 3.68. The number of methoxy groups -OCH3 is 1. The van der Waals surface area contributed by atoms with Crippen LogP contribution in [0.15, 0.2) is 83.9 Å². The first-order chi connectivity index (χ1) is 17.0. The number of nitrogens with one attached hydrogen (secondary N) is 1. The maximum Gasteiger partial charge on any atom is 0.234 e. The highest BCUT2D eigenvalue weighted by Gasteiger charge is 2.17. The molecule has 1 N–H and O–H groups in total. The van der Waals surface area contributed by atoms with Crippen LogP contribution < -0.4 is 10.1 Å². The predicted molar refractivity (Wildman–Crippen MR) is 142 cm³/mol. The molecule has 35 heavy (non-hydrogen) atoms. The molecule has 6 heteroatoms. The number of benzene rings is 3. The van der Waals surface area contributed by atoms with E-state index in [1.54, 1.807) is 7.11 Å². The molecule has 0 atom stereocenters. The van der Waals surface area contributed by atoms with Crippen molar-refractivity contribution in [3.8, 4) is 34.2 Å². The van der Waals surface area contributed by atoms with E-state index in [4.69, 9.17) is 9.72 Å². The van der Waals surface area contributed by atoms with Gasteiger partial charge >= 0.3 is 0 Å². The van der Waals surface area contributed by atoms with E-state index >= 15 is 0 Å². The molecule has 0 radical (unpaired) electrons. The second-order valence-electron chi connectivity index (χ2n) is 8.10. The van der Waals surface area contributed by atoms with Crippen LogP contribution in [0.25, 0.3) is 22.4 Å². The number of rotatable bonds is 7. The quantitative estimate of drug-likeness (QED) is 0.301. The summed E-state index contributed by atoms with van der Waals surface area (Å²) in [5.41, 5.74) is 6.64. The van der Waals surface area contributed by atoms with Crippen LogP contribution in [0.4, 0.5) is 5.69 Å². The minimum atomic E-state index is -0.148. The van der Waals surface area contributed by atoms with E-state index in [1.807, 2.05) is 92.7 Å². The Morgan fingerprint density at radius 1 is 1.00 bits per heavy atom. The summed E-state index contributed by atoms with van der Waals surface area (Å²) >= 11 is 1.26. The average molecular weight is 480 g/mol. The van der Waals surface area contributed by atoms with Gasteiger partial charge in [0.25, 0.3) is 0 Å². The van der Waals surface area contributed by atoms with Gasteiger partial charge in [-0.05, 0) is 54.8 Å². The summed E-state index contributed by atoms with van der Waals surface area (Å²) in [4.78, 5) is 17.6. The summed E-state index contributed by atoms with van der Waals surface area (Å²) in [6.45, 7) is 3.95. The highest BCUT2D eigenvalue weighted by Crippen LogP contribution is 2.35. The number of carbonyl (C=O) groups excluding carboxylic acids is 1. The van der Waals surface area contributed by atoms with Gasteiger partial charge in [0.2, 0.25) is 5.91 Å².